The standard InChI is InChI=1S/C15H22N2O3/c1-17-8-6-13(7-9-17)20-15(19)14(16)10-11-2-4-12(18)5-3-11/h2-5,13-14,18H,6-10,16H2,1H3. The quantitative estimate of drug-likeness (QED) is 0.800. The average molecular weight is 278 g/mol. The van der Waals surface area contributed by atoms with Crippen molar-refractivity contribution in [3.05, 3.63) is 29.8 Å². The van der Waals surface area contributed by atoms with E-state index in [0.29, 0.717) is 6.42 Å². The molecule has 0 radical (unpaired) electrons. The lowest BCUT2D eigenvalue weighted by atomic mass is 10.1. The Labute approximate surface area is 119 Å². The number of ether oxygens (including phenoxy) is 1. The molecule has 0 amide bonds. The maximum atomic E-state index is 12.0. The first-order valence-electron chi connectivity index (χ1n) is 6.97. The first-order chi connectivity index (χ1) is 9.54. The third-order valence-corrected chi connectivity index (χ3v) is 3.64. The number of rotatable bonds is 4. The van der Waals surface area contributed by atoms with Crippen molar-refractivity contribution in [2.45, 2.75) is 31.4 Å². The smallest absolute Gasteiger partial charge is 0.323 e. The van der Waals surface area contributed by atoms with Gasteiger partial charge in [-0.1, -0.05) is 12.1 Å². The third-order valence-electron chi connectivity index (χ3n) is 3.64. The van der Waals surface area contributed by atoms with Crippen molar-refractivity contribution in [2.75, 3.05) is 20.1 Å². The van der Waals surface area contributed by atoms with Gasteiger partial charge < -0.3 is 20.5 Å². The predicted molar refractivity (Wildman–Crippen MR) is 76.4 cm³/mol. The molecule has 0 saturated carbocycles. The Kier molecular flexibility index (Phi) is 4.98. The van der Waals surface area contributed by atoms with Gasteiger partial charge in [-0.3, -0.25) is 4.79 Å². The number of nitrogens with two attached hydrogens (primary N) is 1. The molecular weight excluding hydrogens is 256 g/mol. The van der Waals surface area contributed by atoms with Crippen molar-refractivity contribution in [3.63, 3.8) is 0 Å². The summed E-state index contributed by atoms with van der Waals surface area (Å²) in [7, 11) is 2.06. The largest absolute Gasteiger partial charge is 0.508 e. The van der Waals surface area contributed by atoms with Crippen LogP contribution in [0.4, 0.5) is 0 Å². The molecule has 1 saturated heterocycles. The Morgan fingerprint density at radius 2 is 2.00 bits per heavy atom. The molecule has 1 heterocycles. The van der Waals surface area contributed by atoms with Gasteiger partial charge >= 0.3 is 5.97 Å². The van der Waals surface area contributed by atoms with E-state index in [9.17, 15) is 9.90 Å². The number of hydrogen-bond acceptors (Lipinski definition) is 5. The zero-order valence-electron chi connectivity index (χ0n) is 11.8. The van der Waals surface area contributed by atoms with Crippen LogP contribution in [0.25, 0.3) is 0 Å². The predicted octanol–water partition coefficient (Wildman–Crippen LogP) is 0.899. The van der Waals surface area contributed by atoms with Crippen LogP contribution in [0, 0.1) is 0 Å². The number of phenolic OH excluding ortho intramolecular Hbond substituents is 1. The lowest BCUT2D eigenvalue weighted by Crippen LogP contribution is -2.40. The van der Waals surface area contributed by atoms with E-state index in [0.717, 1.165) is 31.5 Å². The van der Waals surface area contributed by atoms with Gasteiger partial charge in [0, 0.05) is 13.1 Å². The van der Waals surface area contributed by atoms with Gasteiger partial charge in [-0.15, -0.1) is 0 Å². The minimum absolute atomic E-state index is 0.00966. The number of nitrogens with zero attached hydrogens (tertiary/aromatic N) is 1. The monoisotopic (exact) mass is 278 g/mol. The summed E-state index contributed by atoms with van der Waals surface area (Å²) >= 11 is 0. The summed E-state index contributed by atoms with van der Waals surface area (Å²) in [5, 5.41) is 9.21. The maximum Gasteiger partial charge on any atom is 0.323 e. The van der Waals surface area contributed by atoms with E-state index in [1.165, 1.54) is 0 Å². The first-order valence-corrected chi connectivity index (χ1v) is 6.97. The fourth-order valence-corrected chi connectivity index (χ4v) is 2.32. The summed E-state index contributed by atoms with van der Waals surface area (Å²) in [6.45, 7) is 1.90. The second-order valence-electron chi connectivity index (χ2n) is 5.42. The zero-order chi connectivity index (χ0) is 14.5. The average Bonchev–Trinajstić information content (AvgIpc) is 2.44. The summed E-state index contributed by atoms with van der Waals surface area (Å²) in [5.74, 6) is -0.135. The lowest BCUT2D eigenvalue weighted by molar-refractivity contribution is -0.152. The minimum Gasteiger partial charge on any atom is -0.508 e. The van der Waals surface area contributed by atoms with Crippen LogP contribution in [0.3, 0.4) is 0 Å². The van der Waals surface area contributed by atoms with E-state index in [-0.39, 0.29) is 17.8 Å². The van der Waals surface area contributed by atoms with E-state index in [2.05, 4.69) is 11.9 Å². The molecule has 5 nitrogen and oxygen atoms in total. The van der Waals surface area contributed by atoms with Crippen LogP contribution in [0.2, 0.25) is 0 Å². The highest BCUT2D eigenvalue weighted by Gasteiger charge is 2.23. The molecule has 1 aromatic rings. The number of hydrogen-bond donors (Lipinski definition) is 2. The van der Waals surface area contributed by atoms with Gasteiger partial charge in [0.25, 0.3) is 0 Å². The minimum atomic E-state index is -0.654. The third kappa shape index (κ3) is 4.21. The summed E-state index contributed by atoms with van der Waals surface area (Å²) in [5.41, 5.74) is 6.80. The molecule has 1 unspecified atom stereocenters. The van der Waals surface area contributed by atoms with E-state index < -0.39 is 6.04 Å². The molecule has 1 atom stereocenters. The highest BCUT2D eigenvalue weighted by molar-refractivity contribution is 5.76. The Balaban J connectivity index is 1.81. The Morgan fingerprint density at radius 3 is 2.60 bits per heavy atom. The SMILES string of the molecule is CN1CCC(OC(=O)C(N)Cc2ccc(O)cc2)CC1. The van der Waals surface area contributed by atoms with Gasteiger partial charge in [-0.05, 0) is 44.0 Å². The van der Waals surface area contributed by atoms with Crippen molar-refractivity contribution < 1.29 is 14.6 Å². The Hall–Kier alpha value is -1.59. The molecule has 0 aromatic heterocycles. The number of piperidine rings is 1. The molecule has 0 aliphatic carbocycles. The first kappa shape index (κ1) is 14.8. The van der Waals surface area contributed by atoms with E-state index >= 15 is 0 Å². The highest BCUT2D eigenvalue weighted by atomic mass is 16.5. The van der Waals surface area contributed by atoms with Crippen molar-refractivity contribution in [2.24, 2.45) is 5.73 Å². The van der Waals surface area contributed by atoms with Gasteiger partial charge in [0.1, 0.15) is 17.9 Å². The molecule has 1 aliphatic heterocycles. The molecular formula is C15H22N2O3. The zero-order valence-corrected chi connectivity index (χ0v) is 11.8. The van der Waals surface area contributed by atoms with Crippen LogP contribution in [-0.2, 0) is 16.0 Å². The van der Waals surface area contributed by atoms with Crippen LogP contribution in [-0.4, -0.2) is 48.3 Å². The van der Waals surface area contributed by atoms with Crippen LogP contribution < -0.4 is 5.73 Å². The second kappa shape index (κ2) is 6.72. The van der Waals surface area contributed by atoms with Gasteiger partial charge in [-0.25, -0.2) is 0 Å². The molecule has 0 bridgehead atoms. The van der Waals surface area contributed by atoms with E-state index in [4.69, 9.17) is 10.5 Å². The maximum absolute atomic E-state index is 12.0. The number of esters is 1. The molecule has 5 heteroatoms. The number of phenols is 1. The van der Waals surface area contributed by atoms with E-state index in [1.54, 1.807) is 24.3 Å². The molecule has 0 spiro atoms. The molecule has 110 valence electrons. The second-order valence-corrected chi connectivity index (χ2v) is 5.42. The highest BCUT2D eigenvalue weighted by Crippen LogP contribution is 2.14. The summed E-state index contributed by atoms with van der Waals surface area (Å²) < 4.78 is 5.46. The molecule has 20 heavy (non-hydrogen) atoms. The molecule has 2 rings (SSSR count). The normalized spacial score (nSPS) is 18.7. The number of benzene rings is 1. The fourth-order valence-electron chi connectivity index (χ4n) is 2.32. The van der Waals surface area contributed by atoms with Crippen LogP contribution in [0.5, 0.6) is 5.75 Å². The molecule has 1 aromatic carbocycles. The van der Waals surface area contributed by atoms with Gasteiger partial charge in [0.2, 0.25) is 0 Å². The number of aromatic hydroxyl groups is 1. The van der Waals surface area contributed by atoms with Crippen molar-refractivity contribution in [3.8, 4) is 5.75 Å². The fraction of sp³-hybridized carbons (Fsp3) is 0.533. The van der Waals surface area contributed by atoms with Crippen molar-refractivity contribution in [1.29, 1.82) is 0 Å². The topological polar surface area (TPSA) is 75.8 Å². The van der Waals surface area contributed by atoms with Gasteiger partial charge in [-0.2, -0.15) is 0 Å². The Morgan fingerprint density at radius 1 is 1.40 bits per heavy atom. The number of carbonyl (C=O) groups is 1. The summed E-state index contributed by atoms with van der Waals surface area (Å²) in [6, 6.07) is 6.05. The van der Waals surface area contributed by atoms with Crippen LogP contribution in [0.1, 0.15) is 18.4 Å². The Bertz CT molecular complexity index is 439. The molecule has 1 aliphatic rings. The molecule has 1 fully saturated rings. The van der Waals surface area contributed by atoms with E-state index in [1.807, 2.05) is 0 Å². The van der Waals surface area contributed by atoms with Crippen molar-refractivity contribution in [1.82, 2.24) is 4.90 Å². The van der Waals surface area contributed by atoms with Crippen molar-refractivity contribution >= 4 is 5.97 Å². The summed E-state index contributed by atoms with van der Waals surface area (Å²) in [6.07, 6.45) is 2.15. The number of carbonyl (C=O) groups excluding carboxylic acids is 1. The van der Waals surface area contributed by atoms with Gasteiger partial charge in [0.05, 0.1) is 0 Å². The summed E-state index contributed by atoms with van der Waals surface area (Å²) in [4.78, 5) is 14.2. The van der Waals surface area contributed by atoms with Crippen LogP contribution >= 0.6 is 0 Å². The lowest BCUT2D eigenvalue weighted by Gasteiger charge is -2.29. The molecule has 3 N–H and O–H groups in total. The van der Waals surface area contributed by atoms with Crippen LogP contribution in [0.15, 0.2) is 24.3 Å². The number of likely N-dealkylation sites (tertiary alicyclic amines) is 1. The van der Waals surface area contributed by atoms with Gasteiger partial charge in [0.15, 0.2) is 0 Å².